The number of para-hydroxylation sites is 1. The minimum atomic E-state index is -0.0425. The SMILES string of the molecule is COc1ccccc1-c1csc(C2CCN(c3cc(=O)n4ccccc4n3)CC2)n1. The van der Waals surface area contributed by atoms with Gasteiger partial charge in [-0.15, -0.1) is 11.3 Å². The predicted octanol–water partition coefficient (Wildman–Crippen LogP) is 4.21. The highest BCUT2D eigenvalue weighted by Crippen LogP contribution is 2.36. The summed E-state index contributed by atoms with van der Waals surface area (Å²) in [6.45, 7) is 1.73. The van der Waals surface area contributed by atoms with E-state index in [9.17, 15) is 4.79 Å². The van der Waals surface area contributed by atoms with Crippen LogP contribution < -0.4 is 15.2 Å². The topological polar surface area (TPSA) is 59.7 Å². The molecule has 6 nitrogen and oxygen atoms in total. The summed E-state index contributed by atoms with van der Waals surface area (Å²) in [4.78, 5) is 24.2. The maximum Gasteiger partial charge on any atom is 0.259 e. The maximum absolute atomic E-state index is 12.4. The van der Waals surface area contributed by atoms with Crippen LogP contribution in [0.1, 0.15) is 23.8 Å². The smallest absolute Gasteiger partial charge is 0.259 e. The first-order valence-electron chi connectivity index (χ1n) is 10.0. The number of anilines is 1. The molecule has 0 atom stereocenters. The number of hydrogen-bond acceptors (Lipinski definition) is 6. The van der Waals surface area contributed by atoms with Gasteiger partial charge in [0.2, 0.25) is 0 Å². The largest absolute Gasteiger partial charge is 0.496 e. The fourth-order valence-electron chi connectivity index (χ4n) is 4.01. The number of aromatic nitrogens is 3. The molecule has 0 spiro atoms. The lowest BCUT2D eigenvalue weighted by Crippen LogP contribution is -2.34. The predicted molar refractivity (Wildman–Crippen MR) is 120 cm³/mol. The quantitative estimate of drug-likeness (QED) is 0.497. The number of methoxy groups -OCH3 is 1. The second-order valence-electron chi connectivity index (χ2n) is 7.41. The van der Waals surface area contributed by atoms with Crippen molar-refractivity contribution in [2.24, 2.45) is 0 Å². The van der Waals surface area contributed by atoms with Crippen LogP contribution >= 0.6 is 11.3 Å². The summed E-state index contributed by atoms with van der Waals surface area (Å²) < 4.78 is 7.06. The van der Waals surface area contributed by atoms with Gasteiger partial charge in [-0.1, -0.05) is 18.2 Å². The molecule has 1 aromatic carbocycles. The molecule has 0 N–H and O–H groups in total. The van der Waals surface area contributed by atoms with E-state index < -0.39 is 0 Å². The van der Waals surface area contributed by atoms with Crippen LogP contribution in [-0.4, -0.2) is 34.6 Å². The van der Waals surface area contributed by atoms with Crippen LogP contribution in [0.3, 0.4) is 0 Å². The number of benzene rings is 1. The number of hydrogen-bond donors (Lipinski definition) is 0. The average molecular weight is 419 g/mol. The van der Waals surface area contributed by atoms with Crippen LogP contribution in [0.15, 0.2) is 64.9 Å². The molecule has 0 amide bonds. The Morgan fingerprint density at radius 3 is 2.70 bits per heavy atom. The Bertz CT molecular complexity index is 1240. The Kier molecular flexibility index (Phi) is 4.96. The average Bonchev–Trinajstić information content (AvgIpc) is 3.29. The van der Waals surface area contributed by atoms with Gasteiger partial charge in [-0.05, 0) is 37.1 Å². The lowest BCUT2D eigenvalue weighted by Gasteiger charge is -2.31. The third-order valence-electron chi connectivity index (χ3n) is 5.63. The molecule has 1 aliphatic rings. The number of rotatable bonds is 4. The summed E-state index contributed by atoms with van der Waals surface area (Å²) >= 11 is 1.72. The number of thiazole rings is 1. The van der Waals surface area contributed by atoms with E-state index in [0.717, 1.165) is 48.8 Å². The Morgan fingerprint density at radius 2 is 1.87 bits per heavy atom. The standard InChI is InChI=1S/C23H22N4O2S/c1-29-19-7-3-2-6-17(19)18-15-30-23(24-18)16-9-12-26(13-10-16)21-14-22(28)27-11-5-4-8-20(27)25-21/h2-8,11,14-16H,9-10,12-13H2,1H3. The van der Waals surface area contributed by atoms with Crippen molar-refractivity contribution in [3.8, 4) is 17.0 Å². The normalized spacial score (nSPS) is 14.9. The summed E-state index contributed by atoms with van der Waals surface area (Å²) in [5.41, 5.74) is 2.64. The minimum Gasteiger partial charge on any atom is -0.496 e. The van der Waals surface area contributed by atoms with Crippen molar-refractivity contribution in [2.75, 3.05) is 25.1 Å². The molecule has 152 valence electrons. The molecule has 0 radical (unpaired) electrons. The molecule has 4 aromatic rings. The number of pyridine rings is 1. The first-order valence-corrected chi connectivity index (χ1v) is 10.9. The van der Waals surface area contributed by atoms with E-state index in [4.69, 9.17) is 9.72 Å². The highest BCUT2D eigenvalue weighted by atomic mass is 32.1. The van der Waals surface area contributed by atoms with Gasteiger partial charge in [0.05, 0.1) is 17.8 Å². The molecule has 1 saturated heterocycles. The number of fused-ring (bicyclic) bond motifs is 1. The molecule has 1 aliphatic heterocycles. The molecular weight excluding hydrogens is 396 g/mol. The van der Waals surface area contributed by atoms with Crippen molar-refractivity contribution in [1.29, 1.82) is 0 Å². The van der Waals surface area contributed by atoms with Gasteiger partial charge in [0.1, 0.15) is 17.2 Å². The van der Waals surface area contributed by atoms with Crippen LogP contribution in [0, 0.1) is 0 Å². The fourth-order valence-corrected chi connectivity index (χ4v) is 5.01. The van der Waals surface area contributed by atoms with Crippen LogP contribution in [0.4, 0.5) is 5.82 Å². The van der Waals surface area contributed by atoms with Crippen molar-refractivity contribution < 1.29 is 4.74 Å². The summed E-state index contributed by atoms with van der Waals surface area (Å²) in [5.74, 6) is 2.03. The van der Waals surface area contributed by atoms with Crippen LogP contribution in [0.25, 0.3) is 16.9 Å². The molecule has 0 saturated carbocycles. The van der Waals surface area contributed by atoms with E-state index in [2.05, 4.69) is 15.3 Å². The van der Waals surface area contributed by atoms with E-state index in [1.807, 2.05) is 42.5 Å². The number of ether oxygens (including phenoxy) is 1. The summed E-state index contributed by atoms with van der Waals surface area (Å²) in [5, 5.41) is 3.29. The zero-order valence-electron chi connectivity index (χ0n) is 16.7. The monoisotopic (exact) mass is 418 g/mol. The summed E-state index contributed by atoms with van der Waals surface area (Å²) in [7, 11) is 1.69. The lowest BCUT2D eigenvalue weighted by molar-refractivity contribution is 0.416. The van der Waals surface area contributed by atoms with Crippen molar-refractivity contribution in [2.45, 2.75) is 18.8 Å². The van der Waals surface area contributed by atoms with E-state index in [1.54, 1.807) is 35.1 Å². The maximum atomic E-state index is 12.4. The van der Waals surface area contributed by atoms with Gasteiger partial charge in [-0.25, -0.2) is 9.97 Å². The number of nitrogens with zero attached hydrogens (tertiary/aromatic N) is 4. The van der Waals surface area contributed by atoms with E-state index >= 15 is 0 Å². The van der Waals surface area contributed by atoms with Gasteiger partial charge in [0.15, 0.2) is 0 Å². The van der Waals surface area contributed by atoms with Gasteiger partial charge < -0.3 is 9.64 Å². The molecule has 0 aliphatic carbocycles. The Morgan fingerprint density at radius 1 is 1.07 bits per heavy atom. The van der Waals surface area contributed by atoms with E-state index in [0.29, 0.717) is 11.6 Å². The van der Waals surface area contributed by atoms with Crippen LogP contribution in [-0.2, 0) is 0 Å². The van der Waals surface area contributed by atoms with Gasteiger partial charge in [0, 0.05) is 42.2 Å². The molecular formula is C23H22N4O2S. The third-order valence-corrected chi connectivity index (χ3v) is 6.64. The van der Waals surface area contributed by atoms with Gasteiger partial charge in [0.25, 0.3) is 5.56 Å². The molecule has 4 heterocycles. The van der Waals surface area contributed by atoms with Gasteiger partial charge in [-0.2, -0.15) is 0 Å². The molecule has 0 unspecified atom stereocenters. The molecule has 0 bridgehead atoms. The molecule has 5 rings (SSSR count). The third kappa shape index (κ3) is 3.45. The van der Waals surface area contributed by atoms with E-state index in [1.165, 1.54) is 5.01 Å². The second kappa shape index (κ2) is 7.91. The van der Waals surface area contributed by atoms with E-state index in [-0.39, 0.29) is 5.56 Å². The highest BCUT2D eigenvalue weighted by molar-refractivity contribution is 7.10. The van der Waals surface area contributed by atoms with Crippen molar-refractivity contribution in [3.63, 3.8) is 0 Å². The Balaban J connectivity index is 1.32. The van der Waals surface area contributed by atoms with Crippen molar-refractivity contribution in [3.05, 3.63) is 75.5 Å². The number of piperidine rings is 1. The van der Waals surface area contributed by atoms with Crippen molar-refractivity contribution in [1.82, 2.24) is 14.4 Å². The first-order chi connectivity index (χ1) is 14.7. The second-order valence-corrected chi connectivity index (χ2v) is 8.30. The zero-order valence-corrected chi connectivity index (χ0v) is 17.5. The Labute approximate surface area is 178 Å². The Hall–Kier alpha value is -3.19. The molecule has 7 heteroatoms. The van der Waals surface area contributed by atoms with Gasteiger partial charge >= 0.3 is 0 Å². The minimum absolute atomic E-state index is 0.0425. The summed E-state index contributed by atoms with van der Waals surface area (Å²) in [6, 6.07) is 15.2. The van der Waals surface area contributed by atoms with Gasteiger partial charge in [-0.3, -0.25) is 9.20 Å². The first kappa shape index (κ1) is 18.8. The lowest BCUT2D eigenvalue weighted by atomic mass is 9.97. The van der Waals surface area contributed by atoms with Crippen molar-refractivity contribution >= 4 is 22.8 Å². The summed E-state index contributed by atoms with van der Waals surface area (Å²) in [6.07, 6.45) is 3.74. The molecule has 30 heavy (non-hydrogen) atoms. The zero-order chi connectivity index (χ0) is 20.5. The highest BCUT2D eigenvalue weighted by Gasteiger charge is 2.24. The molecule has 1 fully saturated rings. The fraction of sp³-hybridized carbons (Fsp3) is 0.261. The van der Waals surface area contributed by atoms with Crippen LogP contribution in [0.5, 0.6) is 5.75 Å². The van der Waals surface area contributed by atoms with Crippen LogP contribution in [0.2, 0.25) is 0 Å². The molecule has 3 aromatic heterocycles.